The van der Waals surface area contributed by atoms with E-state index in [9.17, 15) is 17.2 Å². The van der Waals surface area contributed by atoms with Crippen LogP contribution in [0.4, 0.5) is 8.78 Å². The molecule has 1 N–H and O–H groups in total. The third kappa shape index (κ3) is 2.84. The zero-order valence-electron chi connectivity index (χ0n) is 11.5. The molecule has 1 aliphatic heterocycles. The second-order valence-corrected chi connectivity index (χ2v) is 7.01. The van der Waals surface area contributed by atoms with Crippen molar-refractivity contribution in [3.8, 4) is 0 Å². The predicted octanol–water partition coefficient (Wildman–Crippen LogP) is 1.50. The SMILES string of the molecule is CNCC1CCN(S(=O)(=O)c2cc(C)c(F)cc2F)C1. The van der Waals surface area contributed by atoms with Gasteiger partial charge in [0.15, 0.2) is 0 Å². The Morgan fingerprint density at radius 1 is 1.35 bits per heavy atom. The molecule has 0 aliphatic carbocycles. The number of benzene rings is 1. The lowest BCUT2D eigenvalue weighted by Crippen LogP contribution is -2.31. The molecule has 0 aromatic heterocycles. The van der Waals surface area contributed by atoms with Crippen molar-refractivity contribution in [1.29, 1.82) is 0 Å². The summed E-state index contributed by atoms with van der Waals surface area (Å²) in [6, 6.07) is 1.69. The summed E-state index contributed by atoms with van der Waals surface area (Å²) in [5.41, 5.74) is 0.121. The molecule has 1 aliphatic rings. The quantitative estimate of drug-likeness (QED) is 0.917. The Balaban J connectivity index is 2.30. The third-order valence-corrected chi connectivity index (χ3v) is 5.45. The van der Waals surface area contributed by atoms with E-state index in [2.05, 4.69) is 5.32 Å². The van der Waals surface area contributed by atoms with E-state index in [-0.39, 0.29) is 11.5 Å². The fourth-order valence-electron chi connectivity index (χ4n) is 2.44. The molecule has 20 heavy (non-hydrogen) atoms. The minimum Gasteiger partial charge on any atom is -0.319 e. The van der Waals surface area contributed by atoms with E-state index in [0.29, 0.717) is 19.2 Å². The summed E-state index contributed by atoms with van der Waals surface area (Å²) in [6.45, 7) is 2.86. The van der Waals surface area contributed by atoms with Crippen LogP contribution in [-0.4, -0.2) is 39.4 Å². The van der Waals surface area contributed by atoms with Crippen molar-refractivity contribution in [1.82, 2.24) is 9.62 Å². The largest absolute Gasteiger partial charge is 0.319 e. The maximum absolute atomic E-state index is 13.8. The van der Waals surface area contributed by atoms with Gasteiger partial charge in [0, 0.05) is 19.2 Å². The molecule has 112 valence electrons. The first kappa shape index (κ1) is 15.3. The number of hydrogen-bond donors (Lipinski definition) is 1. The van der Waals surface area contributed by atoms with Gasteiger partial charge in [-0.1, -0.05) is 0 Å². The van der Waals surface area contributed by atoms with Gasteiger partial charge in [-0.15, -0.1) is 0 Å². The molecule has 1 atom stereocenters. The number of sulfonamides is 1. The average Bonchev–Trinajstić information content (AvgIpc) is 2.83. The summed E-state index contributed by atoms with van der Waals surface area (Å²) in [6.07, 6.45) is 0.738. The molecule has 0 spiro atoms. The van der Waals surface area contributed by atoms with Crippen molar-refractivity contribution in [2.75, 3.05) is 26.7 Å². The fraction of sp³-hybridized carbons (Fsp3) is 0.538. The highest BCUT2D eigenvalue weighted by molar-refractivity contribution is 7.89. The van der Waals surface area contributed by atoms with Crippen LogP contribution < -0.4 is 5.32 Å². The van der Waals surface area contributed by atoms with E-state index in [1.807, 2.05) is 0 Å². The van der Waals surface area contributed by atoms with Gasteiger partial charge in [0.1, 0.15) is 16.5 Å². The zero-order chi connectivity index (χ0) is 14.9. The molecule has 1 unspecified atom stereocenters. The van der Waals surface area contributed by atoms with E-state index in [4.69, 9.17) is 0 Å². The number of hydrogen-bond acceptors (Lipinski definition) is 3. The van der Waals surface area contributed by atoms with Gasteiger partial charge in [0.25, 0.3) is 0 Å². The van der Waals surface area contributed by atoms with Crippen molar-refractivity contribution in [2.24, 2.45) is 5.92 Å². The molecule has 1 fully saturated rings. The van der Waals surface area contributed by atoms with E-state index < -0.39 is 26.6 Å². The number of rotatable bonds is 4. The van der Waals surface area contributed by atoms with E-state index in [0.717, 1.165) is 19.0 Å². The molecular formula is C13H18F2N2O2S. The molecule has 1 heterocycles. The van der Waals surface area contributed by atoms with Crippen molar-refractivity contribution in [3.63, 3.8) is 0 Å². The lowest BCUT2D eigenvalue weighted by atomic mass is 10.1. The number of nitrogens with zero attached hydrogens (tertiary/aromatic N) is 1. The summed E-state index contributed by atoms with van der Waals surface area (Å²) in [5, 5.41) is 3.00. The Morgan fingerprint density at radius 3 is 2.70 bits per heavy atom. The van der Waals surface area contributed by atoms with Gasteiger partial charge >= 0.3 is 0 Å². The van der Waals surface area contributed by atoms with Crippen LogP contribution in [0, 0.1) is 24.5 Å². The van der Waals surface area contributed by atoms with Crippen molar-refractivity contribution in [2.45, 2.75) is 18.2 Å². The number of nitrogens with one attached hydrogen (secondary N) is 1. The first-order valence-electron chi connectivity index (χ1n) is 6.46. The molecule has 2 rings (SSSR count). The third-order valence-electron chi connectivity index (χ3n) is 3.57. The van der Waals surface area contributed by atoms with Gasteiger partial charge < -0.3 is 5.32 Å². The Kier molecular flexibility index (Phi) is 4.41. The topological polar surface area (TPSA) is 49.4 Å². The fourth-order valence-corrected chi connectivity index (χ4v) is 4.10. The molecular weight excluding hydrogens is 286 g/mol. The standard InChI is InChI=1S/C13H18F2N2O2S/c1-9-5-13(12(15)6-11(9)14)20(18,19)17-4-3-10(8-17)7-16-2/h5-6,10,16H,3-4,7-8H2,1-2H3. The van der Waals surface area contributed by atoms with Crippen LogP contribution in [-0.2, 0) is 10.0 Å². The number of halogens is 2. The van der Waals surface area contributed by atoms with Crippen LogP contribution in [0.3, 0.4) is 0 Å². The Labute approximate surface area is 117 Å². The maximum Gasteiger partial charge on any atom is 0.246 e. The summed E-state index contributed by atoms with van der Waals surface area (Å²) in [7, 11) is -2.09. The first-order valence-corrected chi connectivity index (χ1v) is 7.90. The van der Waals surface area contributed by atoms with E-state index in [1.165, 1.54) is 11.2 Å². The Bertz CT molecular complexity index is 605. The van der Waals surface area contributed by atoms with Gasteiger partial charge in [0.05, 0.1) is 0 Å². The summed E-state index contributed by atoms with van der Waals surface area (Å²) < 4.78 is 53.1. The monoisotopic (exact) mass is 304 g/mol. The smallest absolute Gasteiger partial charge is 0.246 e. The molecule has 0 bridgehead atoms. The predicted molar refractivity (Wildman–Crippen MR) is 71.9 cm³/mol. The molecule has 0 saturated carbocycles. The highest BCUT2D eigenvalue weighted by Crippen LogP contribution is 2.27. The van der Waals surface area contributed by atoms with Gasteiger partial charge in [-0.3, -0.25) is 0 Å². The summed E-state index contributed by atoms with van der Waals surface area (Å²) in [4.78, 5) is -0.443. The molecule has 0 amide bonds. The zero-order valence-corrected chi connectivity index (χ0v) is 12.3. The molecule has 1 aromatic rings. The molecule has 1 aromatic carbocycles. The van der Waals surface area contributed by atoms with Crippen molar-refractivity contribution < 1.29 is 17.2 Å². The Hall–Kier alpha value is -1.05. The highest BCUT2D eigenvalue weighted by atomic mass is 32.2. The molecule has 0 radical (unpaired) electrons. The average molecular weight is 304 g/mol. The number of aryl methyl sites for hydroxylation is 1. The molecule has 4 nitrogen and oxygen atoms in total. The van der Waals surface area contributed by atoms with Gasteiger partial charge in [-0.2, -0.15) is 4.31 Å². The van der Waals surface area contributed by atoms with Crippen LogP contribution in [0.5, 0.6) is 0 Å². The minimum absolute atomic E-state index is 0.121. The first-order chi connectivity index (χ1) is 9.36. The van der Waals surface area contributed by atoms with E-state index in [1.54, 1.807) is 7.05 Å². The van der Waals surface area contributed by atoms with Crippen LogP contribution in [0.2, 0.25) is 0 Å². The van der Waals surface area contributed by atoms with Gasteiger partial charge in [-0.05, 0) is 44.5 Å². The van der Waals surface area contributed by atoms with Crippen molar-refractivity contribution >= 4 is 10.0 Å². The maximum atomic E-state index is 13.8. The van der Waals surface area contributed by atoms with Gasteiger partial charge in [0.2, 0.25) is 10.0 Å². The second-order valence-electron chi connectivity index (χ2n) is 5.11. The minimum atomic E-state index is -3.90. The van der Waals surface area contributed by atoms with Crippen LogP contribution in [0.15, 0.2) is 17.0 Å². The Morgan fingerprint density at radius 2 is 2.05 bits per heavy atom. The van der Waals surface area contributed by atoms with Crippen LogP contribution >= 0.6 is 0 Å². The van der Waals surface area contributed by atoms with Crippen LogP contribution in [0.1, 0.15) is 12.0 Å². The lowest BCUT2D eigenvalue weighted by Gasteiger charge is -2.17. The summed E-state index contributed by atoms with van der Waals surface area (Å²) in [5.74, 6) is -1.56. The summed E-state index contributed by atoms with van der Waals surface area (Å²) >= 11 is 0. The molecule has 7 heteroatoms. The van der Waals surface area contributed by atoms with Crippen LogP contribution in [0.25, 0.3) is 0 Å². The molecule has 1 saturated heterocycles. The van der Waals surface area contributed by atoms with E-state index >= 15 is 0 Å². The highest BCUT2D eigenvalue weighted by Gasteiger charge is 2.34. The van der Waals surface area contributed by atoms with Gasteiger partial charge in [-0.25, -0.2) is 17.2 Å². The lowest BCUT2D eigenvalue weighted by molar-refractivity contribution is 0.445. The second kappa shape index (κ2) is 5.75. The normalized spacial score (nSPS) is 20.5. The van der Waals surface area contributed by atoms with Crippen molar-refractivity contribution in [3.05, 3.63) is 29.3 Å².